The third-order valence-electron chi connectivity index (χ3n) is 5.66. The summed E-state index contributed by atoms with van der Waals surface area (Å²) in [6.45, 7) is 7.39. The number of likely N-dealkylation sites (tertiary alicyclic amines) is 1. The molecule has 6 nitrogen and oxygen atoms in total. The van der Waals surface area contributed by atoms with Crippen molar-refractivity contribution in [2.75, 3.05) is 20.2 Å². The number of hydrogen-bond acceptors (Lipinski definition) is 3. The van der Waals surface area contributed by atoms with Gasteiger partial charge in [0.15, 0.2) is 0 Å². The summed E-state index contributed by atoms with van der Waals surface area (Å²) in [5.41, 5.74) is 3.97. The summed E-state index contributed by atoms with van der Waals surface area (Å²) in [7, 11) is 1.39. The summed E-state index contributed by atoms with van der Waals surface area (Å²) in [4.78, 5) is 26.2. The number of carbonyl (C=O) groups is 2. The van der Waals surface area contributed by atoms with Gasteiger partial charge in [-0.25, -0.2) is 4.79 Å². The second-order valence-corrected chi connectivity index (χ2v) is 7.45. The largest absolute Gasteiger partial charge is 0.453 e. The van der Waals surface area contributed by atoms with Crippen LogP contribution in [-0.4, -0.2) is 47.7 Å². The lowest BCUT2D eigenvalue weighted by Crippen LogP contribution is -2.46. The molecule has 2 aromatic rings. The molecule has 0 spiro atoms. The number of rotatable bonds is 4. The smallest absolute Gasteiger partial charge is 0.409 e. The van der Waals surface area contributed by atoms with Crippen molar-refractivity contribution in [1.29, 1.82) is 0 Å². The molecule has 28 heavy (non-hydrogen) atoms. The molecule has 2 amide bonds. The fraction of sp³-hybridized carbons (Fsp3) is 0.455. The Kier molecular flexibility index (Phi) is 6.07. The molecule has 0 saturated carbocycles. The van der Waals surface area contributed by atoms with Gasteiger partial charge in [0, 0.05) is 30.5 Å². The van der Waals surface area contributed by atoms with Gasteiger partial charge in [-0.1, -0.05) is 30.3 Å². The van der Waals surface area contributed by atoms with Crippen LogP contribution in [0.4, 0.5) is 4.79 Å². The van der Waals surface area contributed by atoms with Crippen molar-refractivity contribution in [3.8, 4) is 0 Å². The zero-order valence-electron chi connectivity index (χ0n) is 17.1. The quantitative estimate of drug-likeness (QED) is 0.876. The first-order valence-electron chi connectivity index (χ1n) is 9.79. The standard InChI is InChI=1S/C22H29N3O3/c1-15-14-20(17(3)25(15)16(2)18-8-6-5-7-9-18)21(26)23-19-10-12-24(13-11-19)22(27)28-4/h5-9,14,16,19H,10-13H2,1-4H3,(H,23,26). The monoisotopic (exact) mass is 383 g/mol. The molecule has 1 aromatic heterocycles. The third kappa shape index (κ3) is 4.06. The zero-order chi connectivity index (χ0) is 20.3. The SMILES string of the molecule is COC(=O)N1CCC(NC(=O)c2cc(C)n(C(C)c3ccccc3)c2C)CC1. The van der Waals surface area contributed by atoms with Crippen LogP contribution in [0, 0.1) is 13.8 Å². The predicted molar refractivity (Wildman–Crippen MR) is 109 cm³/mol. The molecule has 0 radical (unpaired) electrons. The van der Waals surface area contributed by atoms with E-state index in [0.29, 0.717) is 13.1 Å². The molecule has 1 saturated heterocycles. The van der Waals surface area contributed by atoms with E-state index in [9.17, 15) is 9.59 Å². The summed E-state index contributed by atoms with van der Waals surface area (Å²) >= 11 is 0. The van der Waals surface area contributed by atoms with Crippen LogP contribution >= 0.6 is 0 Å². The van der Waals surface area contributed by atoms with Gasteiger partial charge in [0.25, 0.3) is 5.91 Å². The predicted octanol–water partition coefficient (Wildman–Crippen LogP) is 3.67. The van der Waals surface area contributed by atoms with E-state index in [4.69, 9.17) is 4.74 Å². The highest BCUT2D eigenvalue weighted by atomic mass is 16.5. The number of aryl methyl sites for hydroxylation is 1. The van der Waals surface area contributed by atoms with Crippen LogP contribution in [-0.2, 0) is 4.74 Å². The molecule has 0 bridgehead atoms. The lowest BCUT2D eigenvalue weighted by molar-refractivity contribution is 0.0891. The molecule has 1 unspecified atom stereocenters. The molecule has 2 heterocycles. The first-order chi connectivity index (χ1) is 13.4. The lowest BCUT2D eigenvalue weighted by Gasteiger charge is -2.31. The highest BCUT2D eigenvalue weighted by molar-refractivity contribution is 5.96. The Balaban J connectivity index is 1.69. The molecule has 1 aromatic carbocycles. The molecule has 1 N–H and O–H groups in total. The highest BCUT2D eigenvalue weighted by Gasteiger charge is 2.26. The van der Waals surface area contributed by atoms with E-state index in [-0.39, 0.29) is 24.1 Å². The Hall–Kier alpha value is -2.76. The Morgan fingerprint density at radius 2 is 1.79 bits per heavy atom. The van der Waals surface area contributed by atoms with E-state index in [2.05, 4.69) is 28.9 Å². The van der Waals surface area contributed by atoms with Crippen LogP contribution < -0.4 is 5.32 Å². The van der Waals surface area contributed by atoms with Crippen LogP contribution in [0.1, 0.15) is 53.1 Å². The van der Waals surface area contributed by atoms with Crippen molar-refractivity contribution in [3.05, 3.63) is 58.9 Å². The van der Waals surface area contributed by atoms with E-state index in [1.165, 1.54) is 12.7 Å². The molecule has 150 valence electrons. The summed E-state index contributed by atoms with van der Waals surface area (Å²) in [5, 5.41) is 3.14. The number of aromatic nitrogens is 1. The minimum Gasteiger partial charge on any atom is -0.453 e. The minimum absolute atomic E-state index is 0.0453. The summed E-state index contributed by atoms with van der Waals surface area (Å²) in [6, 6.07) is 12.5. The fourth-order valence-corrected chi connectivity index (χ4v) is 4.08. The Morgan fingerprint density at radius 3 is 2.39 bits per heavy atom. The van der Waals surface area contributed by atoms with Crippen LogP contribution in [0.15, 0.2) is 36.4 Å². The first kappa shape index (κ1) is 20.0. The van der Waals surface area contributed by atoms with Gasteiger partial charge < -0.3 is 19.5 Å². The molecule has 3 rings (SSSR count). The van der Waals surface area contributed by atoms with Crippen LogP contribution in [0.2, 0.25) is 0 Å². The minimum atomic E-state index is -0.303. The molecular weight excluding hydrogens is 354 g/mol. The summed E-state index contributed by atoms with van der Waals surface area (Å²) in [5.74, 6) is -0.0453. The second-order valence-electron chi connectivity index (χ2n) is 7.45. The van der Waals surface area contributed by atoms with E-state index < -0.39 is 0 Å². The molecule has 1 atom stereocenters. The average molecular weight is 383 g/mol. The van der Waals surface area contributed by atoms with Crippen molar-refractivity contribution in [2.24, 2.45) is 0 Å². The van der Waals surface area contributed by atoms with Gasteiger partial charge in [0.1, 0.15) is 0 Å². The van der Waals surface area contributed by atoms with Gasteiger partial charge in [-0.2, -0.15) is 0 Å². The maximum atomic E-state index is 12.9. The molecule has 1 aliphatic heterocycles. The number of piperidine rings is 1. The second kappa shape index (κ2) is 8.50. The Bertz CT molecular complexity index is 836. The van der Waals surface area contributed by atoms with Crippen LogP contribution in [0.3, 0.4) is 0 Å². The number of hydrogen-bond donors (Lipinski definition) is 1. The number of nitrogens with zero attached hydrogens (tertiary/aromatic N) is 2. The maximum absolute atomic E-state index is 12.9. The molecule has 6 heteroatoms. The van der Waals surface area contributed by atoms with Gasteiger partial charge in [0.05, 0.1) is 18.7 Å². The van der Waals surface area contributed by atoms with Gasteiger partial charge in [-0.15, -0.1) is 0 Å². The van der Waals surface area contributed by atoms with Crippen LogP contribution in [0.25, 0.3) is 0 Å². The van der Waals surface area contributed by atoms with E-state index in [1.54, 1.807) is 4.90 Å². The molecule has 1 fully saturated rings. The van der Waals surface area contributed by atoms with Crippen molar-refractivity contribution in [2.45, 2.75) is 45.7 Å². The summed E-state index contributed by atoms with van der Waals surface area (Å²) < 4.78 is 6.98. The normalized spacial score (nSPS) is 15.9. The molecule has 1 aliphatic rings. The zero-order valence-corrected chi connectivity index (χ0v) is 17.1. The van der Waals surface area contributed by atoms with Gasteiger partial charge in [0.2, 0.25) is 0 Å². The number of benzene rings is 1. The van der Waals surface area contributed by atoms with Crippen LogP contribution in [0.5, 0.6) is 0 Å². The number of amides is 2. The average Bonchev–Trinajstić information content (AvgIpc) is 3.02. The van der Waals surface area contributed by atoms with Gasteiger partial charge in [-0.05, 0) is 45.2 Å². The van der Waals surface area contributed by atoms with Crippen molar-refractivity contribution >= 4 is 12.0 Å². The Labute approximate surface area is 166 Å². The number of carbonyl (C=O) groups excluding carboxylic acids is 2. The molecule has 0 aliphatic carbocycles. The fourth-order valence-electron chi connectivity index (χ4n) is 4.08. The van der Waals surface area contributed by atoms with E-state index >= 15 is 0 Å². The third-order valence-corrected chi connectivity index (χ3v) is 5.66. The number of methoxy groups -OCH3 is 1. The lowest BCUT2D eigenvalue weighted by atomic mass is 10.0. The topological polar surface area (TPSA) is 63.6 Å². The maximum Gasteiger partial charge on any atom is 0.409 e. The number of ether oxygens (including phenoxy) is 1. The first-order valence-corrected chi connectivity index (χ1v) is 9.79. The number of nitrogens with one attached hydrogen (secondary N) is 1. The summed E-state index contributed by atoms with van der Waals surface area (Å²) in [6.07, 6.45) is 1.17. The van der Waals surface area contributed by atoms with Crippen molar-refractivity contribution < 1.29 is 14.3 Å². The Morgan fingerprint density at radius 1 is 1.14 bits per heavy atom. The van der Waals surface area contributed by atoms with Crippen molar-refractivity contribution in [1.82, 2.24) is 14.8 Å². The highest BCUT2D eigenvalue weighted by Crippen LogP contribution is 2.25. The van der Waals surface area contributed by atoms with Gasteiger partial charge in [-0.3, -0.25) is 4.79 Å². The molecular formula is C22H29N3O3. The van der Waals surface area contributed by atoms with Gasteiger partial charge >= 0.3 is 6.09 Å². The van der Waals surface area contributed by atoms with Crippen molar-refractivity contribution in [3.63, 3.8) is 0 Å². The van der Waals surface area contributed by atoms with E-state index in [0.717, 1.165) is 29.8 Å². The van der Waals surface area contributed by atoms with E-state index in [1.807, 2.05) is 38.1 Å².